The van der Waals surface area contributed by atoms with Crippen molar-refractivity contribution in [2.45, 2.75) is 57.5 Å². The summed E-state index contributed by atoms with van der Waals surface area (Å²) in [6, 6.07) is 4.81. The van der Waals surface area contributed by atoms with Crippen molar-refractivity contribution in [3.8, 4) is 0 Å². The molecule has 1 atom stereocenters. The second-order valence-electron chi connectivity index (χ2n) is 5.59. The van der Waals surface area contributed by atoms with E-state index in [-0.39, 0.29) is 5.02 Å². The van der Waals surface area contributed by atoms with Gasteiger partial charge in [-0.25, -0.2) is 4.39 Å². The number of halogens is 2. The Kier molecular flexibility index (Phi) is 5.65. The lowest BCUT2D eigenvalue weighted by molar-refractivity contribution is 0.0913. The highest BCUT2D eigenvalue weighted by Gasteiger charge is 2.21. The van der Waals surface area contributed by atoms with Gasteiger partial charge in [-0.2, -0.15) is 0 Å². The van der Waals surface area contributed by atoms with E-state index in [9.17, 15) is 9.50 Å². The second kappa shape index (κ2) is 7.25. The first-order chi connectivity index (χ1) is 9.18. The van der Waals surface area contributed by atoms with Gasteiger partial charge in [0.1, 0.15) is 5.82 Å². The molecule has 1 aromatic carbocycles. The lowest BCUT2D eigenvalue weighted by Crippen LogP contribution is -2.24. The molecule has 1 aromatic rings. The first-order valence-electron chi connectivity index (χ1n) is 7.29. The summed E-state index contributed by atoms with van der Waals surface area (Å²) in [6.45, 7) is 0. The largest absolute Gasteiger partial charge is 0.392 e. The molecule has 0 aliphatic heterocycles. The minimum absolute atomic E-state index is 0.160. The Morgan fingerprint density at radius 1 is 1.16 bits per heavy atom. The van der Waals surface area contributed by atoms with Crippen LogP contribution in [0.1, 0.15) is 50.5 Å². The van der Waals surface area contributed by atoms with Gasteiger partial charge in [0, 0.05) is 6.42 Å². The van der Waals surface area contributed by atoms with Gasteiger partial charge in [-0.15, -0.1) is 0 Å². The maximum atomic E-state index is 13.4. The fourth-order valence-electron chi connectivity index (χ4n) is 2.97. The van der Waals surface area contributed by atoms with Crippen molar-refractivity contribution >= 4 is 11.6 Å². The Hall–Kier alpha value is -0.600. The van der Waals surface area contributed by atoms with Crippen LogP contribution in [0.15, 0.2) is 18.2 Å². The molecular formula is C16H22ClFO. The molecule has 0 bridgehead atoms. The number of aliphatic hydroxyl groups is 1. The zero-order valence-electron chi connectivity index (χ0n) is 11.2. The maximum absolute atomic E-state index is 13.4. The molecule has 2 rings (SSSR count). The lowest BCUT2D eigenvalue weighted by Gasteiger charge is -2.25. The van der Waals surface area contributed by atoms with E-state index in [0.29, 0.717) is 12.3 Å². The molecule has 106 valence electrons. The first-order valence-corrected chi connectivity index (χ1v) is 7.67. The monoisotopic (exact) mass is 284 g/mol. The smallest absolute Gasteiger partial charge is 0.142 e. The molecule has 0 spiro atoms. The maximum Gasteiger partial charge on any atom is 0.142 e. The summed E-state index contributed by atoms with van der Waals surface area (Å²) in [5.41, 5.74) is 0.719. The van der Waals surface area contributed by atoms with Crippen molar-refractivity contribution in [3.63, 3.8) is 0 Å². The van der Waals surface area contributed by atoms with Gasteiger partial charge in [0.2, 0.25) is 0 Å². The molecule has 0 radical (unpaired) electrons. The van der Waals surface area contributed by atoms with Crippen molar-refractivity contribution in [3.05, 3.63) is 34.6 Å². The number of hydrogen-bond donors (Lipinski definition) is 1. The molecule has 0 aromatic heterocycles. The van der Waals surface area contributed by atoms with E-state index in [1.54, 1.807) is 12.1 Å². The van der Waals surface area contributed by atoms with E-state index in [4.69, 9.17) is 11.6 Å². The zero-order chi connectivity index (χ0) is 13.7. The van der Waals surface area contributed by atoms with E-state index >= 15 is 0 Å². The number of rotatable bonds is 3. The molecule has 0 amide bonds. The Morgan fingerprint density at radius 2 is 1.79 bits per heavy atom. The topological polar surface area (TPSA) is 20.2 Å². The van der Waals surface area contributed by atoms with E-state index < -0.39 is 11.9 Å². The van der Waals surface area contributed by atoms with Gasteiger partial charge in [-0.3, -0.25) is 0 Å². The Morgan fingerprint density at radius 3 is 2.47 bits per heavy atom. The van der Waals surface area contributed by atoms with Crippen LogP contribution < -0.4 is 0 Å². The molecule has 1 fully saturated rings. The molecule has 0 saturated heterocycles. The number of aliphatic hydroxyl groups excluding tert-OH is 1. The summed E-state index contributed by atoms with van der Waals surface area (Å²) < 4.78 is 13.4. The molecular weight excluding hydrogens is 263 g/mol. The fourth-order valence-corrected chi connectivity index (χ4v) is 3.17. The SMILES string of the molecule is OC(Cc1cccc(F)c1Cl)C1CCCCCCC1. The second-order valence-corrected chi connectivity index (χ2v) is 5.97. The van der Waals surface area contributed by atoms with Crippen molar-refractivity contribution < 1.29 is 9.50 Å². The Bertz CT molecular complexity index is 400. The number of benzene rings is 1. The van der Waals surface area contributed by atoms with Crippen molar-refractivity contribution in [2.75, 3.05) is 0 Å². The van der Waals surface area contributed by atoms with Crippen molar-refractivity contribution in [1.29, 1.82) is 0 Å². The van der Waals surface area contributed by atoms with Crippen LogP contribution in [-0.4, -0.2) is 11.2 Å². The van der Waals surface area contributed by atoms with E-state index in [1.807, 2.05) is 0 Å². The van der Waals surface area contributed by atoms with Crippen LogP contribution in [0.5, 0.6) is 0 Å². The van der Waals surface area contributed by atoms with Crippen molar-refractivity contribution in [2.24, 2.45) is 5.92 Å². The van der Waals surface area contributed by atoms with Crippen LogP contribution >= 0.6 is 11.6 Å². The predicted molar refractivity (Wildman–Crippen MR) is 76.9 cm³/mol. The third-order valence-corrected chi connectivity index (χ3v) is 4.58. The Labute approximate surface area is 119 Å². The van der Waals surface area contributed by atoms with Crippen LogP contribution in [-0.2, 0) is 6.42 Å². The van der Waals surface area contributed by atoms with Crippen LogP contribution in [0.3, 0.4) is 0 Å². The van der Waals surface area contributed by atoms with Crippen LogP contribution in [0.25, 0.3) is 0 Å². The minimum atomic E-state index is -0.405. The van der Waals surface area contributed by atoms with Gasteiger partial charge in [0.25, 0.3) is 0 Å². The van der Waals surface area contributed by atoms with Gasteiger partial charge in [-0.05, 0) is 30.4 Å². The fraction of sp³-hybridized carbons (Fsp3) is 0.625. The average Bonchev–Trinajstić information content (AvgIpc) is 2.34. The van der Waals surface area contributed by atoms with Crippen molar-refractivity contribution in [1.82, 2.24) is 0 Å². The summed E-state index contributed by atoms with van der Waals surface area (Å²) in [7, 11) is 0. The number of hydrogen-bond acceptors (Lipinski definition) is 1. The highest BCUT2D eigenvalue weighted by molar-refractivity contribution is 6.31. The van der Waals surface area contributed by atoms with E-state index in [2.05, 4.69) is 0 Å². The molecule has 1 aliphatic rings. The highest BCUT2D eigenvalue weighted by Crippen LogP contribution is 2.28. The van der Waals surface area contributed by atoms with Gasteiger partial charge < -0.3 is 5.11 Å². The normalized spacial score (nSPS) is 19.7. The Balaban J connectivity index is 1.98. The van der Waals surface area contributed by atoms with Gasteiger partial charge in [-0.1, -0.05) is 55.8 Å². The quantitative estimate of drug-likeness (QED) is 0.850. The summed E-state index contributed by atoms with van der Waals surface area (Å²) in [5, 5.41) is 10.5. The van der Waals surface area contributed by atoms with Gasteiger partial charge in [0.05, 0.1) is 11.1 Å². The van der Waals surface area contributed by atoms with Crippen LogP contribution in [0, 0.1) is 11.7 Å². The molecule has 1 nitrogen and oxygen atoms in total. The molecule has 1 aliphatic carbocycles. The third-order valence-electron chi connectivity index (χ3n) is 4.15. The standard InChI is InChI=1S/C16H22ClFO/c17-16-13(9-6-10-14(16)18)11-15(19)12-7-4-2-1-3-5-8-12/h6,9-10,12,15,19H,1-5,7-8,11H2. The molecule has 19 heavy (non-hydrogen) atoms. The lowest BCUT2D eigenvalue weighted by atomic mass is 9.85. The van der Waals surface area contributed by atoms with Crippen LogP contribution in [0.4, 0.5) is 4.39 Å². The summed E-state index contributed by atoms with van der Waals surface area (Å²) in [4.78, 5) is 0. The molecule has 1 unspecified atom stereocenters. The summed E-state index contributed by atoms with van der Waals surface area (Å²) in [5.74, 6) is -0.0660. The molecule has 1 saturated carbocycles. The molecule has 1 N–H and O–H groups in total. The summed E-state index contributed by atoms with van der Waals surface area (Å²) >= 11 is 5.95. The van der Waals surface area contributed by atoms with E-state index in [1.165, 1.54) is 38.2 Å². The summed E-state index contributed by atoms with van der Waals surface area (Å²) in [6.07, 6.45) is 8.45. The first kappa shape index (κ1) is 14.8. The van der Waals surface area contributed by atoms with E-state index in [0.717, 1.165) is 18.4 Å². The van der Waals surface area contributed by atoms with Gasteiger partial charge >= 0.3 is 0 Å². The minimum Gasteiger partial charge on any atom is -0.392 e. The third kappa shape index (κ3) is 4.19. The molecule has 3 heteroatoms. The predicted octanol–water partition coefficient (Wildman–Crippen LogP) is 4.74. The average molecular weight is 285 g/mol. The highest BCUT2D eigenvalue weighted by atomic mass is 35.5. The molecule has 0 heterocycles. The zero-order valence-corrected chi connectivity index (χ0v) is 12.0. The van der Waals surface area contributed by atoms with Crippen LogP contribution in [0.2, 0.25) is 5.02 Å². The van der Waals surface area contributed by atoms with Gasteiger partial charge in [0.15, 0.2) is 0 Å².